The Morgan fingerprint density at radius 3 is 2.68 bits per heavy atom. The molecule has 1 amide bonds. The molecule has 2 rings (SSSR count). The number of rotatable bonds is 4. The van der Waals surface area contributed by atoms with Crippen LogP contribution in [0.4, 0.5) is 4.79 Å². The third-order valence-corrected chi connectivity index (χ3v) is 3.82. The van der Waals surface area contributed by atoms with Crippen LogP contribution in [-0.4, -0.2) is 30.3 Å². The SMILES string of the molecule is CC(CNC(=O)OC(C)(C)C)NC1CCc2ccccc2C1. The predicted molar refractivity (Wildman–Crippen MR) is 89.1 cm³/mol. The monoisotopic (exact) mass is 304 g/mol. The smallest absolute Gasteiger partial charge is 0.407 e. The van der Waals surface area contributed by atoms with Crippen molar-refractivity contribution < 1.29 is 9.53 Å². The molecule has 1 aliphatic carbocycles. The molecule has 2 atom stereocenters. The van der Waals surface area contributed by atoms with Crippen molar-refractivity contribution in [2.75, 3.05) is 6.54 Å². The topological polar surface area (TPSA) is 50.4 Å². The van der Waals surface area contributed by atoms with E-state index in [1.165, 1.54) is 11.1 Å². The molecule has 1 aromatic carbocycles. The summed E-state index contributed by atoms with van der Waals surface area (Å²) in [5.74, 6) is 0. The van der Waals surface area contributed by atoms with Gasteiger partial charge in [-0.15, -0.1) is 0 Å². The van der Waals surface area contributed by atoms with Crippen LogP contribution in [-0.2, 0) is 17.6 Å². The normalized spacial score (nSPS) is 19.2. The van der Waals surface area contributed by atoms with Crippen LogP contribution in [0.15, 0.2) is 24.3 Å². The number of carbonyl (C=O) groups excluding carboxylic acids is 1. The van der Waals surface area contributed by atoms with Gasteiger partial charge in [0, 0.05) is 18.6 Å². The molecule has 0 radical (unpaired) electrons. The van der Waals surface area contributed by atoms with Gasteiger partial charge in [-0.25, -0.2) is 4.79 Å². The maximum absolute atomic E-state index is 11.7. The lowest BCUT2D eigenvalue weighted by Crippen LogP contribution is -2.46. The summed E-state index contributed by atoms with van der Waals surface area (Å²) in [6.45, 7) is 8.28. The first kappa shape index (κ1) is 16.8. The van der Waals surface area contributed by atoms with Crippen molar-refractivity contribution in [2.24, 2.45) is 0 Å². The summed E-state index contributed by atoms with van der Waals surface area (Å²) in [5, 5.41) is 6.43. The average Bonchev–Trinajstić information content (AvgIpc) is 2.43. The zero-order valence-corrected chi connectivity index (χ0v) is 14.1. The molecule has 0 saturated carbocycles. The Kier molecular flexibility index (Phi) is 5.46. The Balaban J connectivity index is 1.74. The van der Waals surface area contributed by atoms with E-state index in [1.807, 2.05) is 20.8 Å². The van der Waals surface area contributed by atoms with E-state index < -0.39 is 5.60 Å². The summed E-state index contributed by atoms with van der Waals surface area (Å²) < 4.78 is 5.25. The molecule has 2 N–H and O–H groups in total. The number of nitrogens with one attached hydrogen (secondary N) is 2. The van der Waals surface area contributed by atoms with Gasteiger partial charge in [-0.05, 0) is 58.1 Å². The van der Waals surface area contributed by atoms with E-state index in [0.29, 0.717) is 12.6 Å². The van der Waals surface area contributed by atoms with Gasteiger partial charge in [0.25, 0.3) is 0 Å². The Morgan fingerprint density at radius 1 is 1.32 bits per heavy atom. The Bertz CT molecular complexity index is 508. The standard InChI is InChI=1S/C18H28N2O2/c1-13(12-19-17(21)22-18(2,3)4)20-16-10-9-14-7-5-6-8-15(14)11-16/h5-8,13,16,20H,9-12H2,1-4H3,(H,19,21). The van der Waals surface area contributed by atoms with Crippen LogP contribution in [0.25, 0.3) is 0 Å². The van der Waals surface area contributed by atoms with Gasteiger partial charge in [-0.3, -0.25) is 0 Å². The molecular formula is C18H28N2O2. The van der Waals surface area contributed by atoms with Crippen LogP contribution < -0.4 is 10.6 Å². The molecule has 4 nitrogen and oxygen atoms in total. The number of ether oxygens (including phenoxy) is 1. The second-order valence-electron chi connectivity index (χ2n) is 7.16. The number of aryl methyl sites for hydroxylation is 1. The van der Waals surface area contributed by atoms with Gasteiger partial charge in [0.2, 0.25) is 0 Å². The molecule has 1 aliphatic rings. The number of carbonyl (C=O) groups is 1. The van der Waals surface area contributed by atoms with E-state index in [1.54, 1.807) is 0 Å². The minimum absolute atomic E-state index is 0.225. The molecule has 0 aliphatic heterocycles. The van der Waals surface area contributed by atoms with Crippen molar-refractivity contribution in [1.82, 2.24) is 10.6 Å². The predicted octanol–water partition coefficient (Wildman–Crippen LogP) is 3.05. The number of amides is 1. The van der Waals surface area contributed by atoms with Crippen LogP contribution in [0.5, 0.6) is 0 Å². The van der Waals surface area contributed by atoms with Gasteiger partial charge in [-0.2, -0.15) is 0 Å². The van der Waals surface area contributed by atoms with Crippen molar-refractivity contribution in [3.05, 3.63) is 35.4 Å². The van der Waals surface area contributed by atoms with Crippen molar-refractivity contribution in [1.29, 1.82) is 0 Å². The minimum Gasteiger partial charge on any atom is -0.444 e. The van der Waals surface area contributed by atoms with Crippen LogP contribution in [0.3, 0.4) is 0 Å². The van der Waals surface area contributed by atoms with Crippen LogP contribution in [0.2, 0.25) is 0 Å². The van der Waals surface area contributed by atoms with Crippen molar-refractivity contribution in [3.63, 3.8) is 0 Å². The molecule has 0 spiro atoms. The van der Waals surface area contributed by atoms with Crippen molar-refractivity contribution in [2.45, 2.75) is 64.6 Å². The maximum Gasteiger partial charge on any atom is 0.407 e. The lowest BCUT2D eigenvalue weighted by Gasteiger charge is -2.28. The third kappa shape index (κ3) is 5.34. The summed E-state index contributed by atoms with van der Waals surface area (Å²) in [7, 11) is 0. The quantitative estimate of drug-likeness (QED) is 0.899. The highest BCUT2D eigenvalue weighted by Crippen LogP contribution is 2.21. The lowest BCUT2D eigenvalue weighted by molar-refractivity contribution is 0.0522. The van der Waals surface area contributed by atoms with Crippen molar-refractivity contribution >= 4 is 6.09 Å². The highest BCUT2D eigenvalue weighted by atomic mass is 16.6. The molecule has 0 bridgehead atoms. The summed E-state index contributed by atoms with van der Waals surface area (Å²) >= 11 is 0. The van der Waals surface area contributed by atoms with E-state index in [2.05, 4.69) is 41.8 Å². The van der Waals surface area contributed by atoms with E-state index >= 15 is 0 Å². The van der Waals surface area contributed by atoms with Gasteiger partial charge < -0.3 is 15.4 Å². The molecular weight excluding hydrogens is 276 g/mol. The molecule has 4 heteroatoms. The largest absolute Gasteiger partial charge is 0.444 e. The zero-order chi connectivity index (χ0) is 16.2. The zero-order valence-electron chi connectivity index (χ0n) is 14.1. The molecule has 0 saturated heterocycles. The molecule has 22 heavy (non-hydrogen) atoms. The second-order valence-corrected chi connectivity index (χ2v) is 7.16. The van der Waals surface area contributed by atoms with Gasteiger partial charge in [0.05, 0.1) is 0 Å². The summed E-state index contributed by atoms with van der Waals surface area (Å²) in [5.41, 5.74) is 2.46. The van der Waals surface area contributed by atoms with Gasteiger partial charge in [0.1, 0.15) is 5.60 Å². The maximum atomic E-state index is 11.7. The fraction of sp³-hybridized carbons (Fsp3) is 0.611. The van der Waals surface area contributed by atoms with E-state index in [-0.39, 0.29) is 12.1 Å². The van der Waals surface area contributed by atoms with Crippen LogP contribution in [0, 0.1) is 0 Å². The van der Waals surface area contributed by atoms with Gasteiger partial charge in [0.15, 0.2) is 0 Å². The highest BCUT2D eigenvalue weighted by molar-refractivity contribution is 5.67. The van der Waals surface area contributed by atoms with Crippen molar-refractivity contribution in [3.8, 4) is 0 Å². The molecule has 2 unspecified atom stereocenters. The first-order chi connectivity index (χ1) is 10.3. The van der Waals surface area contributed by atoms with Crippen LogP contribution >= 0.6 is 0 Å². The minimum atomic E-state index is -0.451. The average molecular weight is 304 g/mol. The molecule has 1 aromatic rings. The van der Waals surface area contributed by atoms with Crippen LogP contribution in [0.1, 0.15) is 45.2 Å². The Labute approximate surface area is 133 Å². The number of hydrogen-bond acceptors (Lipinski definition) is 3. The lowest BCUT2D eigenvalue weighted by atomic mass is 9.88. The van der Waals surface area contributed by atoms with E-state index in [0.717, 1.165) is 19.3 Å². The highest BCUT2D eigenvalue weighted by Gasteiger charge is 2.20. The molecule has 0 heterocycles. The molecule has 0 aromatic heterocycles. The fourth-order valence-corrected chi connectivity index (χ4v) is 2.85. The summed E-state index contributed by atoms with van der Waals surface area (Å²) in [6, 6.07) is 9.36. The fourth-order valence-electron chi connectivity index (χ4n) is 2.85. The Hall–Kier alpha value is -1.55. The number of hydrogen-bond donors (Lipinski definition) is 2. The number of alkyl carbamates (subject to hydrolysis) is 1. The first-order valence-corrected chi connectivity index (χ1v) is 8.13. The second kappa shape index (κ2) is 7.14. The number of benzene rings is 1. The summed E-state index contributed by atoms with van der Waals surface area (Å²) in [6.07, 6.45) is 2.98. The van der Waals surface area contributed by atoms with E-state index in [4.69, 9.17) is 4.74 Å². The third-order valence-electron chi connectivity index (χ3n) is 3.82. The van der Waals surface area contributed by atoms with Gasteiger partial charge in [-0.1, -0.05) is 24.3 Å². The molecule has 0 fully saturated rings. The Morgan fingerprint density at radius 2 is 2.00 bits per heavy atom. The molecule has 122 valence electrons. The van der Waals surface area contributed by atoms with E-state index in [9.17, 15) is 4.79 Å². The summed E-state index contributed by atoms with van der Waals surface area (Å²) in [4.78, 5) is 11.7. The van der Waals surface area contributed by atoms with Gasteiger partial charge >= 0.3 is 6.09 Å². The number of fused-ring (bicyclic) bond motifs is 1. The first-order valence-electron chi connectivity index (χ1n) is 8.13.